The summed E-state index contributed by atoms with van der Waals surface area (Å²) in [6, 6.07) is 3.99. The number of hydrogen-bond acceptors (Lipinski definition) is 3. The second kappa shape index (κ2) is 4.35. The highest BCUT2D eigenvalue weighted by Crippen LogP contribution is 2.33. The second-order valence-electron chi connectivity index (χ2n) is 5.57. The van der Waals surface area contributed by atoms with Crippen LogP contribution in [0.5, 0.6) is 0 Å². The van der Waals surface area contributed by atoms with Gasteiger partial charge in [-0.15, -0.1) is 0 Å². The van der Waals surface area contributed by atoms with E-state index in [2.05, 4.69) is 11.1 Å². The zero-order valence-electron chi connectivity index (χ0n) is 10.6. The third-order valence-electron chi connectivity index (χ3n) is 4.17. The van der Waals surface area contributed by atoms with E-state index in [9.17, 15) is 4.79 Å². The van der Waals surface area contributed by atoms with Crippen molar-refractivity contribution in [3.05, 3.63) is 29.6 Å². The van der Waals surface area contributed by atoms with Gasteiger partial charge < -0.3 is 10.6 Å². The van der Waals surface area contributed by atoms with E-state index in [0.29, 0.717) is 13.0 Å². The van der Waals surface area contributed by atoms with Crippen molar-refractivity contribution in [2.45, 2.75) is 44.2 Å². The van der Waals surface area contributed by atoms with Gasteiger partial charge in [-0.2, -0.15) is 0 Å². The summed E-state index contributed by atoms with van der Waals surface area (Å²) in [6.07, 6.45) is 6.33. The molecule has 0 bridgehead atoms. The first-order valence-corrected chi connectivity index (χ1v) is 6.66. The fraction of sp³-hybridized carbons (Fsp3) is 0.571. The number of nitrogens with two attached hydrogens (primary N) is 1. The summed E-state index contributed by atoms with van der Waals surface area (Å²) < 4.78 is 0. The molecule has 1 amide bonds. The van der Waals surface area contributed by atoms with E-state index in [0.717, 1.165) is 37.9 Å². The predicted octanol–water partition coefficient (Wildman–Crippen LogP) is 1.24. The van der Waals surface area contributed by atoms with Crippen molar-refractivity contribution in [3.63, 3.8) is 0 Å². The van der Waals surface area contributed by atoms with Crippen LogP contribution in [0.15, 0.2) is 18.3 Å². The lowest BCUT2D eigenvalue weighted by Gasteiger charge is -2.39. The summed E-state index contributed by atoms with van der Waals surface area (Å²) in [5, 5.41) is 0. The topological polar surface area (TPSA) is 59.2 Å². The molecule has 1 aliphatic carbocycles. The Morgan fingerprint density at radius 3 is 3.06 bits per heavy atom. The molecular weight excluding hydrogens is 226 g/mol. The molecule has 0 aromatic carbocycles. The van der Waals surface area contributed by atoms with Crippen LogP contribution in [0, 0.1) is 0 Å². The standard InChI is InChI=1S/C14H19N3O/c15-14(5-2-6-14)9-13(18)17-8-4-12-11(10-17)3-1-7-16-12/h1,3,7H,2,4-6,8-10,15H2. The number of fused-ring (bicyclic) bond motifs is 1. The van der Waals surface area contributed by atoms with E-state index in [4.69, 9.17) is 5.73 Å². The van der Waals surface area contributed by atoms with Crippen molar-refractivity contribution in [1.82, 2.24) is 9.88 Å². The Labute approximate surface area is 107 Å². The molecule has 2 heterocycles. The Morgan fingerprint density at radius 2 is 2.33 bits per heavy atom. The van der Waals surface area contributed by atoms with Gasteiger partial charge in [-0.1, -0.05) is 6.07 Å². The van der Waals surface area contributed by atoms with Crippen molar-refractivity contribution >= 4 is 5.91 Å². The maximum absolute atomic E-state index is 12.2. The molecule has 0 saturated heterocycles. The molecule has 2 aliphatic rings. The molecule has 1 aromatic heterocycles. The van der Waals surface area contributed by atoms with Crippen LogP contribution in [-0.4, -0.2) is 27.9 Å². The molecule has 1 fully saturated rings. The number of amides is 1. The zero-order chi connectivity index (χ0) is 12.6. The van der Waals surface area contributed by atoms with Crippen LogP contribution in [0.4, 0.5) is 0 Å². The van der Waals surface area contributed by atoms with Crippen LogP contribution in [0.3, 0.4) is 0 Å². The Bertz CT molecular complexity index is 468. The minimum atomic E-state index is -0.216. The Hall–Kier alpha value is -1.42. The van der Waals surface area contributed by atoms with E-state index in [-0.39, 0.29) is 11.4 Å². The average molecular weight is 245 g/mol. The van der Waals surface area contributed by atoms with Crippen LogP contribution in [0.1, 0.15) is 36.9 Å². The summed E-state index contributed by atoms with van der Waals surface area (Å²) in [5.74, 6) is 0.201. The lowest BCUT2D eigenvalue weighted by Crippen LogP contribution is -2.51. The van der Waals surface area contributed by atoms with Crippen molar-refractivity contribution in [3.8, 4) is 0 Å². The summed E-state index contributed by atoms with van der Waals surface area (Å²) in [6.45, 7) is 1.47. The molecule has 96 valence electrons. The van der Waals surface area contributed by atoms with Gasteiger partial charge in [-0.25, -0.2) is 0 Å². The van der Waals surface area contributed by atoms with Crippen LogP contribution in [0.2, 0.25) is 0 Å². The van der Waals surface area contributed by atoms with Gasteiger partial charge in [0.1, 0.15) is 0 Å². The van der Waals surface area contributed by atoms with Crippen LogP contribution >= 0.6 is 0 Å². The van der Waals surface area contributed by atoms with Crippen molar-refractivity contribution in [2.75, 3.05) is 6.54 Å². The highest BCUT2D eigenvalue weighted by Gasteiger charge is 2.36. The molecule has 2 N–H and O–H groups in total. The largest absolute Gasteiger partial charge is 0.338 e. The van der Waals surface area contributed by atoms with Crippen molar-refractivity contribution in [2.24, 2.45) is 5.73 Å². The molecule has 0 atom stereocenters. The lowest BCUT2D eigenvalue weighted by atomic mass is 9.75. The molecule has 0 spiro atoms. The van der Waals surface area contributed by atoms with Crippen molar-refractivity contribution < 1.29 is 4.79 Å². The van der Waals surface area contributed by atoms with Gasteiger partial charge in [-0.05, 0) is 30.9 Å². The maximum Gasteiger partial charge on any atom is 0.224 e. The highest BCUT2D eigenvalue weighted by molar-refractivity contribution is 5.78. The van der Waals surface area contributed by atoms with Crippen LogP contribution in [-0.2, 0) is 17.8 Å². The SMILES string of the molecule is NC1(CC(=O)N2CCc3ncccc3C2)CCC1. The number of nitrogens with zero attached hydrogens (tertiary/aromatic N) is 2. The summed E-state index contributed by atoms with van der Waals surface area (Å²) >= 11 is 0. The first-order valence-electron chi connectivity index (χ1n) is 6.66. The van der Waals surface area contributed by atoms with Gasteiger partial charge in [0.05, 0.1) is 0 Å². The fourth-order valence-corrected chi connectivity index (χ4v) is 2.80. The molecule has 1 aromatic rings. The minimum Gasteiger partial charge on any atom is -0.338 e. The smallest absolute Gasteiger partial charge is 0.224 e. The first-order chi connectivity index (χ1) is 8.66. The van der Waals surface area contributed by atoms with Gasteiger partial charge in [0.15, 0.2) is 0 Å². The molecule has 1 saturated carbocycles. The summed E-state index contributed by atoms with van der Waals surface area (Å²) in [7, 11) is 0. The molecule has 0 radical (unpaired) electrons. The molecular formula is C14H19N3O. The van der Waals surface area contributed by atoms with Crippen LogP contribution in [0.25, 0.3) is 0 Å². The third-order valence-corrected chi connectivity index (χ3v) is 4.17. The zero-order valence-corrected chi connectivity index (χ0v) is 10.6. The number of hydrogen-bond donors (Lipinski definition) is 1. The number of carbonyl (C=O) groups is 1. The van der Waals surface area contributed by atoms with Gasteiger partial charge >= 0.3 is 0 Å². The molecule has 18 heavy (non-hydrogen) atoms. The van der Waals surface area contributed by atoms with E-state index in [1.807, 2.05) is 17.2 Å². The number of pyridine rings is 1. The molecule has 0 unspecified atom stereocenters. The summed E-state index contributed by atoms with van der Waals surface area (Å²) in [5.41, 5.74) is 8.24. The Morgan fingerprint density at radius 1 is 1.50 bits per heavy atom. The molecule has 4 heteroatoms. The fourth-order valence-electron chi connectivity index (χ4n) is 2.80. The van der Waals surface area contributed by atoms with Gasteiger partial charge in [0.2, 0.25) is 5.91 Å². The Kier molecular flexibility index (Phi) is 2.82. The monoisotopic (exact) mass is 245 g/mol. The van der Waals surface area contributed by atoms with Gasteiger partial charge in [0, 0.05) is 43.4 Å². The molecule has 4 nitrogen and oxygen atoms in total. The van der Waals surface area contributed by atoms with E-state index >= 15 is 0 Å². The van der Waals surface area contributed by atoms with Gasteiger partial charge in [-0.3, -0.25) is 9.78 Å². The van der Waals surface area contributed by atoms with E-state index in [1.165, 1.54) is 5.56 Å². The first kappa shape index (κ1) is 11.7. The normalized spacial score (nSPS) is 21.1. The predicted molar refractivity (Wildman–Crippen MR) is 68.7 cm³/mol. The quantitative estimate of drug-likeness (QED) is 0.852. The number of aromatic nitrogens is 1. The number of carbonyl (C=O) groups excluding carboxylic acids is 1. The molecule has 3 rings (SSSR count). The maximum atomic E-state index is 12.2. The summed E-state index contributed by atoms with van der Waals surface area (Å²) in [4.78, 5) is 18.5. The van der Waals surface area contributed by atoms with Gasteiger partial charge in [0.25, 0.3) is 0 Å². The average Bonchev–Trinajstić information content (AvgIpc) is 2.36. The lowest BCUT2D eigenvalue weighted by molar-refractivity contribution is -0.134. The van der Waals surface area contributed by atoms with E-state index < -0.39 is 0 Å². The Balaban J connectivity index is 1.66. The number of rotatable bonds is 2. The van der Waals surface area contributed by atoms with Crippen LogP contribution < -0.4 is 5.73 Å². The van der Waals surface area contributed by atoms with Crippen molar-refractivity contribution in [1.29, 1.82) is 0 Å². The minimum absolute atomic E-state index is 0.201. The highest BCUT2D eigenvalue weighted by atomic mass is 16.2. The third kappa shape index (κ3) is 2.12. The molecule has 1 aliphatic heterocycles. The second-order valence-corrected chi connectivity index (χ2v) is 5.57. The van der Waals surface area contributed by atoms with E-state index in [1.54, 1.807) is 0 Å².